The van der Waals surface area contributed by atoms with Gasteiger partial charge in [-0.05, 0) is 77.5 Å². The number of ether oxygens (including phenoxy) is 3. The van der Waals surface area contributed by atoms with Gasteiger partial charge in [0, 0.05) is 6.54 Å². The molecule has 0 unspecified atom stereocenters. The van der Waals surface area contributed by atoms with Crippen LogP contribution in [-0.2, 0) is 32.1 Å². The average Bonchev–Trinajstić information content (AvgIpc) is 2.91. The maximum Gasteiger partial charge on any atom is 0.408 e. The third kappa shape index (κ3) is 8.22. The normalized spacial score (nSPS) is 19.5. The molecule has 3 amide bonds. The first-order chi connectivity index (χ1) is 19.4. The molecule has 1 fully saturated rings. The zero-order valence-corrected chi connectivity index (χ0v) is 24.8. The molecule has 2 atom stereocenters. The highest BCUT2D eigenvalue weighted by Crippen LogP contribution is 2.38. The van der Waals surface area contributed by atoms with Crippen molar-refractivity contribution in [3.63, 3.8) is 0 Å². The molecule has 9 nitrogen and oxygen atoms in total. The van der Waals surface area contributed by atoms with Crippen molar-refractivity contribution >= 4 is 17.9 Å². The second kappa shape index (κ2) is 12.5. The molecular weight excluding hydrogens is 522 g/mol. The van der Waals surface area contributed by atoms with Crippen molar-refractivity contribution < 1.29 is 28.6 Å². The number of fused-ring (bicyclic) bond motifs is 1. The largest absolute Gasteiger partial charge is 0.485 e. The number of carbonyl (C=O) groups is 3. The second-order valence-corrected chi connectivity index (χ2v) is 12.5. The molecule has 0 bridgehead atoms. The number of carbonyl (C=O) groups excluding carboxylic acids is 3. The van der Waals surface area contributed by atoms with Crippen molar-refractivity contribution in [2.45, 2.75) is 89.7 Å². The molecule has 41 heavy (non-hydrogen) atoms. The van der Waals surface area contributed by atoms with Crippen LogP contribution in [0.4, 0.5) is 4.79 Å². The van der Waals surface area contributed by atoms with E-state index in [0.717, 1.165) is 37.0 Å². The summed E-state index contributed by atoms with van der Waals surface area (Å²) in [7, 11) is 0. The van der Waals surface area contributed by atoms with Gasteiger partial charge in [0.15, 0.2) is 0 Å². The average molecular weight is 566 g/mol. The molecule has 2 aromatic rings. The van der Waals surface area contributed by atoms with E-state index in [-0.39, 0.29) is 12.5 Å². The minimum atomic E-state index is -1.33. The van der Waals surface area contributed by atoms with Gasteiger partial charge in [0.2, 0.25) is 11.8 Å². The Morgan fingerprint density at radius 2 is 1.71 bits per heavy atom. The van der Waals surface area contributed by atoms with Gasteiger partial charge in [0.25, 0.3) is 0 Å². The number of nitrogens with one attached hydrogen (secondary N) is 2. The van der Waals surface area contributed by atoms with Crippen LogP contribution in [-0.4, -0.2) is 65.3 Å². The topological polar surface area (TPSA) is 106 Å². The van der Waals surface area contributed by atoms with Crippen molar-refractivity contribution in [1.82, 2.24) is 15.5 Å². The van der Waals surface area contributed by atoms with E-state index in [0.29, 0.717) is 19.7 Å². The Morgan fingerprint density at radius 1 is 1.00 bits per heavy atom. The monoisotopic (exact) mass is 565 g/mol. The van der Waals surface area contributed by atoms with Gasteiger partial charge in [-0.25, -0.2) is 4.79 Å². The number of alkyl carbamates (subject to hydrolysis) is 1. The number of rotatable bonds is 8. The fourth-order valence-corrected chi connectivity index (χ4v) is 5.25. The molecule has 0 aliphatic carbocycles. The highest BCUT2D eigenvalue weighted by molar-refractivity contribution is 5.93. The van der Waals surface area contributed by atoms with Crippen LogP contribution in [0.1, 0.15) is 65.0 Å². The van der Waals surface area contributed by atoms with E-state index in [1.807, 2.05) is 48.5 Å². The molecule has 0 saturated carbocycles. The minimum absolute atomic E-state index is 0.0187. The van der Waals surface area contributed by atoms with Crippen LogP contribution in [0.15, 0.2) is 54.6 Å². The van der Waals surface area contributed by atoms with Crippen LogP contribution in [0, 0.1) is 0 Å². The molecule has 2 aliphatic rings. The molecule has 0 radical (unpaired) electrons. The summed E-state index contributed by atoms with van der Waals surface area (Å²) in [6.07, 6.45) is 2.66. The van der Waals surface area contributed by atoms with Gasteiger partial charge in [0.1, 0.15) is 28.5 Å². The molecule has 9 heteroatoms. The quantitative estimate of drug-likeness (QED) is 0.492. The molecule has 2 aliphatic heterocycles. The van der Waals surface area contributed by atoms with Crippen LogP contribution >= 0.6 is 0 Å². The number of likely N-dealkylation sites (tertiary alicyclic amines) is 1. The Morgan fingerprint density at radius 3 is 2.44 bits per heavy atom. The van der Waals surface area contributed by atoms with Crippen molar-refractivity contribution in [3.05, 3.63) is 65.7 Å². The number of hydrogen-bond acceptors (Lipinski definition) is 6. The summed E-state index contributed by atoms with van der Waals surface area (Å²) in [5.74, 6) is 0.125. The zero-order valence-electron chi connectivity index (χ0n) is 24.8. The van der Waals surface area contributed by atoms with Gasteiger partial charge in [-0.1, -0.05) is 48.5 Å². The highest BCUT2D eigenvalue weighted by atomic mass is 16.6. The summed E-state index contributed by atoms with van der Waals surface area (Å²) >= 11 is 0. The van der Waals surface area contributed by atoms with Crippen molar-refractivity contribution in [2.24, 2.45) is 0 Å². The van der Waals surface area contributed by atoms with Gasteiger partial charge < -0.3 is 29.7 Å². The lowest BCUT2D eigenvalue weighted by atomic mass is 9.84. The second-order valence-electron chi connectivity index (χ2n) is 12.5. The van der Waals surface area contributed by atoms with Crippen LogP contribution in [0.3, 0.4) is 0 Å². The Labute approximate surface area is 242 Å². The first-order valence-corrected chi connectivity index (χ1v) is 14.4. The first kappa shape index (κ1) is 30.4. The lowest BCUT2D eigenvalue weighted by Gasteiger charge is -2.46. The number of nitrogens with zero attached hydrogens (tertiary/aromatic N) is 1. The van der Waals surface area contributed by atoms with E-state index in [9.17, 15) is 14.4 Å². The molecule has 2 N–H and O–H groups in total. The van der Waals surface area contributed by atoms with Crippen LogP contribution in [0.5, 0.6) is 5.75 Å². The van der Waals surface area contributed by atoms with Crippen LogP contribution in [0.25, 0.3) is 0 Å². The van der Waals surface area contributed by atoms with Gasteiger partial charge in [-0.3, -0.25) is 9.59 Å². The van der Waals surface area contributed by atoms with Gasteiger partial charge in [0.05, 0.1) is 19.8 Å². The highest BCUT2D eigenvalue weighted by Gasteiger charge is 2.43. The van der Waals surface area contributed by atoms with E-state index >= 15 is 0 Å². The molecule has 2 heterocycles. The molecule has 1 spiro atoms. The standard InChI is InChI=1S/C32H43N3O6/c1-30(2,3)41-29(38)34-31(4,5)28(37)33-25(21-39-20-23-12-7-6-8-13-23)27(36)35-19-11-17-32(22-35)18-16-24-14-9-10-15-26(24)40-32/h6-10,12-15,25H,11,16-22H2,1-5H3,(H,33,37)(H,34,38)/t25-,32+/m1/s1. The Kier molecular flexibility index (Phi) is 9.27. The summed E-state index contributed by atoms with van der Waals surface area (Å²) < 4.78 is 17.8. The number of para-hydroxylation sites is 1. The molecule has 4 rings (SSSR count). The Bertz CT molecular complexity index is 1230. The maximum atomic E-state index is 13.9. The van der Waals surface area contributed by atoms with Crippen LogP contribution < -0.4 is 15.4 Å². The first-order valence-electron chi connectivity index (χ1n) is 14.4. The van der Waals surface area contributed by atoms with Crippen molar-refractivity contribution in [2.75, 3.05) is 19.7 Å². The van der Waals surface area contributed by atoms with Gasteiger partial charge in [-0.2, -0.15) is 0 Å². The summed E-state index contributed by atoms with van der Waals surface area (Å²) in [4.78, 5) is 41.5. The number of piperidine rings is 1. The summed E-state index contributed by atoms with van der Waals surface area (Å²) in [6.45, 7) is 9.67. The van der Waals surface area contributed by atoms with Crippen LogP contribution in [0.2, 0.25) is 0 Å². The Balaban J connectivity index is 1.46. The maximum absolute atomic E-state index is 13.9. The Hall–Kier alpha value is -3.59. The summed E-state index contributed by atoms with van der Waals surface area (Å²) in [6, 6.07) is 16.7. The predicted molar refractivity (Wildman–Crippen MR) is 155 cm³/mol. The van der Waals surface area contributed by atoms with Gasteiger partial charge >= 0.3 is 6.09 Å². The lowest BCUT2D eigenvalue weighted by Crippen LogP contribution is -2.62. The number of benzene rings is 2. The smallest absolute Gasteiger partial charge is 0.408 e. The van der Waals surface area contributed by atoms with Crippen molar-refractivity contribution in [1.29, 1.82) is 0 Å². The lowest BCUT2D eigenvalue weighted by molar-refractivity contribution is -0.144. The third-order valence-corrected chi connectivity index (χ3v) is 7.38. The zero-order chi connectivity index (χ0) is 29.7. The third-order valence-electron chi connectivity index (χ3n) is 7.38. The minimum Gasteiger partial charge on any atom is -0.485 e. The molecule has 222 valence electrons. The predicted octanol–water partition coefficient (Wildman–Crippen LogP) is 4.38. The molecule has 0 aromatic heterocycles. The van der Waals surface area contributed by atoms with E-state index in [1.165, 1.54) is 5.56 Å². The number of hydrogen-bond donors (Lipinski definition) is 2. The molecule has 1 saturated heterocycles. The summed E-state index contributed by atoms with van der Waals surface area (Å²) in [5.41, 5.74) is -0.366. The summed E-state index contributed by atoms with van der Waals surface area (Å²) in [5, 5.41) is 5.47. The number of aryl methyl sites for hydroxylation is 1. The molecular formula is C32H43N3O6. The fourth-order valence-electron chi connectivity index (χ4n) is 5.25. The van der Waals surface area contributed by atoms with E-state index in [4.69, 9.17) is 14.2 Å². The van der Waals surface area contributed by atoms with E-state index in [1.54, 1.807) is 39.5 Å². The van der Waals surface area contributed by atoms with Crippen molar-refractivity contribution in [3.8, 4) is 5.75 Å². The fraction of sp³-hybridized carbons (Fsp3) is 0.531. The SMILES string of the molecule is CC(C)(C)OC(=O)NC(C)(C)C(=O)N[C@H](COCc1ccccc1)C(=O)N1CCC[C@]2(CCc3ccccc3O2)C1. The van der Waals surface area contributed by atoms with Gasteiger partial charge in [-0.15, -0.1) is 0 Å². The van der Waals surface area contributed by atoms with E-state index < -0.39 is 34.8 Å². The van der Waals surface area contributed by atoms with E-state index in [2.05, 4.69) is 16.7 Å². The molecule has 2 aromatic carbocycles. The number of amides is 3.